The van der Waals surface area contributed by atoms with Crippen molar-refractivity contribution in [1.29, 1.82) is 0 Å². The zero-order valence-electron chi connectivity index (χ0n) is 9.44. The third kappa shape index (κ3) is 2.29. The molecule has 0 saturated heterocycles. The number of likely N-dealkylation sites (N-methyl/N-ethyl adjacent to an activating group) is 1. The van der Waals surface area contributed by atoms with Crippen molar-refractivity contribution < 1.29 is 4.79 Å². The van der Waals surface area contributed by atoms with Gasteiger partial charge in [-0.05, 0) is 26.0 Å². The number of nitrogens with zero attached hydrogens (tertiary/aromatic N) is 2. The van der Waals surface area contributed by atoms with Crippen molar-refractivity contribution in [3.8, 4) is 0 Å². The summed E-state index contributed by atoms with van der Waals surface area (Å²) in [4.78, 5) is 14.8. The number of rotatable bonds is 5. The maximum Gasteiger partial charge on any atom is 0.139 e. The molecule has 1 aliphatic rings. The van der Waals surface area contributed by atoms with Crippen molar-refractivity contribution in [2.75, 3.05) is 19.8 Å². The third-order valence-corrected chi connectivity index (χ3v) is 2.48. The van der Waals surface area contributed by atoms with Crippen molar-refractivity contribution in [3.05, 3.63) is 36.2 Å². The molecule has 1 heterocycles. The number of carbonyl (C=O) groups excluding carboxylic acids is 1. The van der Waals surface area contributed by atoms with E-state index in [0.717, 1.165) is 30.9 Å². The van der Waals surface area contributed by atoms with E-state index in [1.807, 2.05) is 24.0 Å². The molecule has 0 atom stereocenters. The van der Waals surface area contributed by atoms with Crippen LogP contribution in [0, 0.1) is 0 Å². The lowest BCUT2D eigenvalue weighted by Gasteiger charge is -2.20. The van der Waals surface area contributed by atoms with Crippen LogP contribution in [0.1, 0.15) is 13.8 Å². The van der Waals surface area contributed by atoms with E-state index in [-0.39, 0.29) is 0 Å². The van der Waals surface area contributed by atoms with Gasteiger partial charge in [-0.2, -0.15) is 0 Å². The Morgan fingerprint density at radius 3 is 2.60 bits per heavy atom. The standard InChI is InChI=1S/C12H18N2O/c1-4-7-12-11(5-2)14(8-9-15)10-13(12)6-3/h4-5,7,9H,2,6,8,10H2,1,3H3/b7-4-. The highest BCUT2D eigenvalue weighted by Crippen LogP contribution is 2.24. The first kappa shape index (κ1) is 11.6. The molecule has 15 heavy (non-hydrogen) atoms. The zero-order valence-corrected chi connectivity index (χ0v) is 9.44. The minimum absolute atomic E-state index is 0.429. The van der Waals surface area contributed by atoms with Gasteiger partial charge in [0.25, 0.3) is 0 Å². The van der Waals surface area contributed by atoms with Gasteiger partial charge in [0.2, 0.25) is 0 Å². The molecule has 3 heteroatoms. The van der Waals surface area contributed by atoms with E-state index in [4.69, 9.17) is 0 Å². The molecule has 0 aromatic heterocycles. The maximum absolute atomic E-state index is 10.5. The molecule has 0 N–H and O–H groups in total. The molecule has 0 aromatic rings. The van der Waals surface area contributed by atoms with Crippen molar-refractivity contribution in [3.63, 3.8) is 0 Å². The van der Waals surface area contributed by atoms with E-state index >= 15 is 0 Å². The van der Waals surface area contributed by atoms with E-state index in [1.165, 1.54) is 0 Å². The van der Waals surface area contributed by atoms with Crippen molar-refractivity contribution >= 4 is 6.29 Å². The summed E-state index contributed by atoms with van der Waals surface area (Å²) in [5, 5.41) is 0. The Kier molecular flexibility index (Phi) is 4.16. The number of hydrogen-bond donors (Lipinski definition) is 0. The fraction of sp³-hybridized carbons (Fsp3) is 0.417. The molecule has 0 fully saturated rings. The summed E-state index contributed by atoms with van der Waals surface area (Å²) < 4.78 is 0. The second-order valence-electron chi connectivity index (χ2n) is 3.36. The van der Waals surface area contributed by atoms with Gasteiger partial charge in [0, 0.05) is 6.54 Å². The van der Waals surface area contributed by atoms with Crippen LogP contribution in [0.15, 0.2) is 36.2 Å². The molecular formula is C12H18N2O. The Morgan fingerprint density at radius 1 is 1.40 bits per heavy atom. The number of carbonyl (C=O) groups is 1. The van der Waals surface area contributed by atoms with Crippen LogP contribution in [0.4, 0.5) is 0 Å². The summed E-state index contributed by atoms with van der Waals surface area (Å²) >= 11 is 0. The average Bonchev–Trinajstić information content (AvgIpc) is 2.57. The van der Waals surface area contributed by atoms with Gasteiger partial charge >= 0.3 is 0 Å². The average molecular weight is 206 g/mol. The second kappa shape index (κ2) is 5.39. The topological polar surface area (TPSA) is 23.6 Å². The predicted molar refractivity (Wildman–Crippen MR) is 62.1 cm³/mol. The summed E-state index contributed by atoms with van der Waals surface area (Å²) in [7, 11) is 0. The first-order valence-electron chi connectivity index (χ1n) is 5.21. The SMILES string of the molecule is C=CC1=C(/C=C\C)N(CC)CN1CC=O. The van der Waals surface area contributed by atoms with Crippen LogP contribution in [0.3, 0.4) is 0 Å². The van der Waals surface area contributed by atoms with Gasteiger partial charge in [0.1, 0.15) is 6.29 Å². The molecule has 0 aromatic carbocycles. The Hall–Kier alpha value is -1.51. The van der Waals surface area contributed by atoms with E-state index in [0.29, 0.717) is 6.54 Å². The van der Waals surface area contributed by atoms with Crippen molar-refractivity contribution in [2.24, 2.45) is 0 Å². The van der Waals surface area contributed by atoms with E-state index in [9.17, 15) is 4.79 Å². The van der Waals surface area contributed by atoms with Crippen molar-refractivity contribution in [1.82, 2.24) is 9.80 Å². The number of allylic oxidation sites excluding steroid dienone is 3. The largest absolute Gasteiger partial charge is 0.352 e. The van der Waals surface area contributed by atoms with Gasteiger partial charge in [0.05, 0.1) is 24.6 Å². The van der Waals surface area contributed by atoms with Crippen LogP contribution in [0.25, 0.3) is 0 Å². The predicted octanol–water partition coefficient (Wildman–Crippen LogP) is 1.75. The highest BCUT2D eigenvalue weighted by Gasteiger charge is 2.23. The number of aldehydes is 1. The van der Waals surface area contributed by atoms with Gasteiger partial charge in [-0.25, -0.2) is 0 Å². The molecule has 0 unspecified atom stereocenters. The van der Waals surface area contributed by atoms with Gasteiger partial charge in [-0.3, -0.25) is 0 Å². The van der Waals surface area contributed by atoms with Crippen LogP contribution >= 0.6 is 0 Å². The first-order chi connectivity index (χ1) is 7.28. The molecule has 0 bridgehead atoms. The first-order valence-corrected chi connectivity index (χ1v) is 5.21. The lowest BCUT2D eigenvalue weighted by Crippen LogP contribution is -2.28. The Balaban J connectivity index is 3.00. The van der Waals surface area contributed by atoms with Gasteiger partial charge in [0.15, 0.2) is 0 Å². The van der Waals surface area contributed by atoms with E-state index in [1.54, 1.807) is 0 Å². The van der Waals surface area contributed by atoms with Gasteiger partial charge in [-0.15, -0.1) is 0 Å². The fourth-order valence-electron chi connectivity index (χ4n) is 1.78. The van der Waals surface area contributed by atoms with Crippen LogP contribution in [0.5, 0.6) is 0 Å². The normalized spacial score (nSPS) is 16.7. The molecule has 0 saturated carbocycles. The lowest BCUT2D eigenvalue weighted by atomic mass is 10.3. The van der Waals surface area contributed by atoms with E-state index < -0.39 is 0 Å². The van der Waals surface area contributed by atoms with Crippen LogP contribution in [-0.4, -0.2) is 35.8 Å². The Morgan fingerprint density at radius 2 is 2.13 bits per heavy atom. The fourth-order valence-corrected chi connectivity index (χ4v) is 1.78. The molecule has 1 rings (SSSR count). The summed E-state index contributed by atoms with van der Waals surface area (Å²) in [6, 6.07) is 0. The molecule has 0 aliphatic carbocycles. The molecule has 0 amide bonds. The Labute approximate surface area is 91.4 Å². The lowest BCUT2D eigenvalue weighted by molar-refractivity contribution is -0.108. The van der Waals surface area contributed by atoms with Gasteiger partial charge < -0.3 is 14.6 Å². The van der Waals surface area contributed by atoms with Crippen LogP contribution in [0.2, 0.25) is 0 Å². The highest BCUT2D eigenvalue weighted by atomic mass is 16.1. The summed E-state index contributed by atoms with van der Waals surface area (Å²) in [5.41, 5.74) is 2.19. The quantitative estimate of drug-likeness (QED) is 0.640. The van der Waals surface area contributed by atoms with Crippen molar-refractivity contribution in [2.45, 2.75) is 13.8 Å². The molecule has 0 radical (unpaired) electrons. The minimum atomic E-state index is 0.429. The minimum Gasteiger partial charge on any atom is -0.352 e. The summed E-state index contributed by atoms with van der Waals surface area (Å²) in [6.45, 7) is 10.0. The zero-order chi connectivity index (χ0) is 11.3. The second-order valence-corrected chi connectivity index (χ2v) is 3.36. The van der Waals surface area contributed by atoms with Crippen LogP contribution < -0.4 is 0 Å². The third-order valence-electron chi connectivity index (χ3n) is 2.48. The molecular weight excluding hydrogens is 188 g/mol. The molecule has 0 spiro atoms. The van der Waals surface area contributed by atoms with E-state index in [2.05, 4.69) is 24.5 Å². The highest BCUT2D eigenvalue weighted by molar-refractivity contribution is 5.53. The molecule has 1 aliphatic heterocycles. The number of hydrogen-bond acceptors (Lipinski definition) is 3. The maximum atomic E-state index is 10.5. The molecule has 82 valence electrons. The summed E-state index contributed by atoms with van der Waals surface area (Å²) in [6.07, 6.45) is 6.81. The molecule has 3 nitrogen and oxygen atoms in total. The Bertz CT molecular complexity index is 305. The monoisotopic (exact) mass is 206 g/mol. The van der Waals surface area contributed by atoms with Crippen LogP contribution in [-0.2, 0) is 4.79 Å². The smallest absolute Gasteiger partial charge is 0.139 e. The van der Waals surface area contributed by atoms with Gasteiger partial charge in [-0.1, -0.05) is 12.7 Å². The summed E-state index contributed by atoms with van der Waals surface area (Å²) in [5.74, 6) is 0.